The summed E-state index contributed by atoms with van der Waals surface area (Å²) in [4.78, 5) is 10.5. The first kappa shape index (κ1) is 17.8. The minimum absolute atomic E-state index is 0.0550. The van der Waals surface area contributed by atoms with Gasteiger partial charge in [0.25, 0.3) is 6.43 Å². The molecule has 1 saturated heterocycles. The number of alkyl halides is 2. The normalized spacial score (nSPS) is 27.0. The molecule has 128 valence electrons. The van der Waals surface area contributed by atoms with Crippen LogP contribution in [-0.2, 0) is 14.3 Å². The molecule has 0 aromatic rings. The Hall–Kier alpha value is -1.53. The van der Waals surface area contributed by atoms with Gasteiger partial charge in [0.1, 0.15) is 0 Å². The van der Waals surface area contributed by atoms with E-state index in [-0.39, 0.29) is 5.57 Å². The minimum Gasteiger partial charge on any atom is -0.545 e. The van der Waals surface area contributed by atoms with Crippen molar-refractivity contribution < 1.29 is 28.2 Å². The van der Waals surface area contributed by atoms with Gasteiger partial charge in [0, 0.05) is 17.9 Å². The molecule has 1 unspecified atom stereocenters. The van der Waals surface area contributed by atoms with E-state index in [9.17, 15) is 18.7 Å². The molecule has 23 heavy (non-hydrogen) atoms. The fourth-order valence-electron chi connectivity index (χ4n) is 3.30. The minimum atomic E-state index is -2.64. The number of carboxylic acids is 1. The molecule has 1 aliphatic carbocycles. The lowest BCUT2D eigenvalue weighted by Crippen LogP contribution is -2.43. The second-order valence-corrected chi connectivity index (χ2v) is 6.66. The average molecular weight is 327 g/mol. The highest BCUT2D eigenvalue weighted by Gasteiger charge is 2.49. The molecular formula is C17H21F2O4-. The van der Waals surface area contributed by atoms with Crippen LogP contribution in [0.3, 0.4) is 0 Å². The number of carbonyl (C=O) groups is 1. The van der Waals surface area contributed by atoms with Gasteiger partial charge in [-0.05, 0) is 30.1 Å². The molecule has 2 aliphatic rings. The summed E-state index contributed by atoms with van der Waals surface area (Å²) in [5, 5.41) is 10.5. The maximum absolute atomic E-state index is 13.6. The Labute approximate surface area is 134 Å². The van der Waals surface area contributed by atoms with E-state index in [0.29, 0.717) is 25.2 Å². The van der Waals surface area contributed by atoms with Gasteiger partial charge in [0.15, 0.2) is 5.79 Å². The monoisotopic (exact) mass is 327 g/mol. The summed E-state index contributed by atoms with van der Waals surface area (Å²) in [7, 11) is 0. The number of hydrogen-bond donors (Lipinski definition) is 0. The second kappa shape index (κ2) is 6.53. The van der Waals surface area contributed by atoms with Crippen molar-refractivity contribution in [1.29, 1.82) is 0 Å². The molecule has 1 fully saturated rings. The van der Waals surface area contributed by atoms with Crippen LogP contribution in [0.15, 0.2) is 35.5 Å². The predicted molar refractivity (Wildman–Crippen MR) is 78.5 cm³/mol. The van der Waals surface area contributed by atoms with Crippen molar-refractivity contribution in [3.8, 4) is 0 Å². The van der Waals surface area contributed by atoms with Gasteiger partial charge in [0.05, 0.1) is 19.2 Å². The number of rotatable bonds is 4. The van der Waals surface area contributed by atoms with Gasteiger partial charge in [-0.25, -0.2) is 8.78 Å². The molecule has 1 spiro atoms. The standard InChI is InChI=1S/C17H22F2O4/c1-11(8-14(20)21)4-5-13-12(15(18)19)9-17(10-16(13,2)3)22-6-7-23-17/h4-5,8-9,13,15H,6-7,10H2,1-3H3,(H,20,21)/p-1/b5-4+,11-8-. The van der Waals surface area contributed by atoms with E-state index in [2.05, 4.69) is 0 Å². The third kappa shape index (κ3) is 4.06. The number of carbonyl (C=O) groups excluding carboxylic acids is 1. The summed E-state index contributed by atoms with van der Waals surface area (Å²) in [6.07, 6.45) is 3.29. The van der Waals surface area contributed by atoms with Crippen molar-refractivity contribution >= 4 is 5.97 Å². The zero-order valence-electron chi connectivity index (χ0n) is 13.5. The van der Waals surface area contributed by atoms with Gasteiger partial charge in [-0.3, -0.25) is 0 Å². The van der Waals surface area contributed by atoms with Crippen LogP contribution in [-0.4, -0.2) is 31.4 Å². The van der Waals surface area contributed by atoms with E-state index < -0.39 is 29.5 Å². The van der Waals surface area contributed by atoms with Crippen LogP contribution in [0.5, 0.6) is 0 Å². The summed E-state index contributed by atoms with van der Waals surface area (Å²) in [5.74, 6) is -2.92. The van der Waals surface area contributed by atoms with Gasteiger partial charge in [-0.1, -0.05) is 26.0 Å². The Morgan fingerprint density at radius 2 is 2.00 bits per heavy atom. The Balaban J connectivity index is 2.36. The number of hydrogen-bond acceptors (Lipinski definition) is 4. The Kier molecular flexibility index (Phi) is 5.06. The molecule has 1 heterocycles. The van der Waals surface area contributed by atoms with Crippen LogP contribution in [0.2, 0.25) is 0 Å². The van der Waals surface area contributed by atoms with Crippen molar-refractivity contribution in [3.05, 3.63) is 35.5 Å². The van der Waals surface area contributed by atoms with Crippen molar-refractivity contribution in [2.24, 2.45) is 11.3 Å². The molecule has 0 amide bonds. The number of ether oxygens (including phenoxy) is 2. The van der Waals surface area contributed by atoms with Crippen LogP contribution < -0.4 is 5.11 Å². The Morgan fingerprint density at radius 3 is 2.52 bits per heavy atom. The van der Waals surface area contributed by atoms with Crippen LogP contribution in [0.4, 0.5) is 8.78 Å². The molecule has 1 aliphatic heterocycles. The molecular weight excluding hydrogens is 306 g/mol. The molecule has 0 saturated carbocycles. The van der Waals surface area contributed by atoms with E-state index in [4.69, 9.17) is 9.47 Å². The first-order chi connectivity index (χ1) is 10.7. The van der Waals surface area contributed by atoms with Crippen molar-refractivity contribution in [2.45, 2.75) is 39.4 Å². The predicted octanol–water partition coefficient (Wildman–Crippen LogP) is 2.22. The first-order valence-corrected chi connectivity index (χ1v) is 7.51. The fraction of sp³-hybridized carbons (Fsp3) is 0.588. The topological polar surface area (TPSA) is 58.6 Å². The van der Waals surface area contributed by atoms with Crippen molar-refractivity contribution in [3.63, 3.8) is 0 Å². The largest absolute Gasteiger partial charge is 0.545 e. The molecule has 2 rings (SSSR count). The zero-order valence-corrected chi connectivity index (χ0v) is 13.5. The Morgan fingerprint density at radius 1 is 1.39 bits per heavy atom. The third-order valence-corrected chi connectivity index (χ3v) is 4.21. The summed E-state index contributed by atoms with van der Waals surface area (Å²) >= 11 is 0. The van der Waals surface area contributed by atoms with Crippen molar-refractivity contribution in [1.82, 2.24) is 0 Å². The summed E-state index contributed by atoms with van der Waals surface area (Å²) < 4.78 is 38.2. The lowest BCUT2D eigenvalue weighted by molar-refractivity contribution is -0.297. The average Bonchev–Trinajstić information content (AvgIpc) is 2.82. The van der Waals surface area contributed by atoms with Gasteiger partial charge < -0.3 is 19.4 Å². The highest BCUT2D eigenvalue weighted by molar-refractivity contribution is 5.79. The molecule has 1 atom stereocenters. The molecule has 0 aromatic heterocycles. The fourth-order valence-corrected chi connectivity index (χ4v) is 3.30. The van der Waals surface area contributed by atoms with Crippen molar-refractivity contribution in [2.75, 3.05) is 13.2 Å². The van der Waals surface area contributed by atoms with E-state index in [1.165, 1.54) is 12.2 Å². The summed E-state index contributed by atoms with van der Waals surface area (Å²) in [6, 6.07) is 0. The smallest absolute Gasteiger partial charge is 0.260 e. The maximum Gasteiger partial charge on any atom is 0.260 e. The molecule has 0 bridgehead atoms. The highest BCUT2D eigenvalue weighted by atomic mass is 19.3. The SMILES string of the molecule is CC(=C/C(=O)[O-])/C=C/C1C(C(F)F)=CC2(CC1(C)C)OCCO2. The second-order valence-electron chi connectivity index (χ2n) is 6.66. The molecule has 4 nitrogen and oxygen atoms in total. The quantitative estimate of drug-likeness (QED) is 0.451. The van der Waals surface area contributed by atoms with Gasteiger partial charge in [-0.2, -0.15) is 0 Å². The van der Waals surface area contributed by atoms with Crippen LogP contribution in [0, 0.1) is 11.3 Å². The summed E-state index contributed by atoms with van der Waals surface area (Å²) in [6.45, 7) is 6.11. The maximum atomic E-state index is 13.6. The van der Waals surface area contributed by atoms with Gasteiger partial charge in [-0.15, -0.1) is 0 Å². The molecule has 6 heteroatoms. The first-order valence-electron chi connectivity index (χ1n) is 7.51. The molecule has 0 radical (unpaired) electrons. The zero-order chi connectivity index (χ0) is 17.3. The lowest BCUT2D eigenvalue weighted by atomic mass is 9.66. The molecule has 0 N–H and O–H groups in total. The van der Waals surface area contributed by atoms with Gasteiger partial charge in [0.2, 0.25) is 0 Å². The molecule has 0 aromatic carbocycles. The summed E-state index contributed by atoms with van der Waals surface area (Å²) in [5.41, 5.74) is -0.146. The van der Waals surface area contributed by atoms with Crippen LogP contribution in [0.25, 0.3) is 0 Å². The van der Waals surface area contributed by atoms with E-state index in [0.717, 1.165) is 6.08 Å². The number of aliphatic carboxylic acids is 1. The van der Waals surface area contributed by atoms with E-state index in [1.54, 1.807) is 13.0 Å². The van der Waals surface area contributed by atoms with Crippen LogP contribution in [0.1, 0.15) is 27.2 Å². The van der Waals surface area contributed by atoms with Crippen LogP contribution >= 0.6 is 0 Å². The number of halogens is 2. The van der Waals surface area contributed by atoms with E-state index in [1.807, 2.05) is 13.8 Å². The highest BCUT2D eigenvalue weighted by Crippen LogP contribution is 2.50. The lowest BCUT2D eigenvalue weighted by Gasteiger charge is -2.44. The number of allylic oxidation sites excluding steroid dienone is 4. The number of carboxylic acid groups (broad SMARTS) is 1. The Bertz CT molecular complexity index is 555. The third-order valence-electron chi connectivity index (χ3n) is 4.21. The van der Waals surface area contributed by atoms with Gasteiger partial charge >= 0.3 is 0 Å². The van der Waals surface area contributed by atoms with E-state index >= 15 is 0 Å².